The fraction of sp³-hybridized carbons (Fsp3) is 0.242. The molecule has 41 heavy (non-hydrogen) atoms. The van der Waals surface area contributed by atoms with Gasteiger partial charge in [-0.2, -0.15) is 0 Å². The zero-order chi connectivity index (χ0) is 29.2. The van der Waals surface area contributed by atoms with E-state index >= 15 is 0 Å². The van der Waals surface area contributed by atoms with Crippen molar-refractivity contribution in [3.8, 4) is 11.5 Å². The molecule has 0 amide bonds. The summed E-state index contributed by atoms with van der Waals surface area (Å²) in [6, 6.07) is 20.5. The number of aromatic nitrogens is 1. The van der Waals surface area contributed by atoms with Crippen LogP contribution in [0.25, 0.3) is 23.1 Å². The molecule has 0 bridgehead atoms. The Labute approximate surface area is 238 Å². The highest BCUT2D eigenvalue weighted by atomic mass is 16.5. The van der Waals surface area contributed by atoms with Gasteiger partial charge in [-0.3, -0.25) is 14.4 Å². The number of carboxylic acids is 2. The molecule has 0 unspecified atom stereocenters. The van der Waals surface area contributed by atoms with Crippen molar-refractivity contribution in [3.63, 3.8) is 0 Å². The van der Waals surface area contributed by atoms with E-state index < -0.39 is 11.9 Å². The molecule has 1 aromatic heterocycles. The second-order valence-corrected chi connectivity index (χ2v) is 9.57. The van der Waals surface area contributed by atoms with Crippen molar-refractivity contribution in [2.24, 2.45) is 0 Å². The molecule has 8 nitrogen and oxygen atoms in total. The molecule has 0 aliphatic heterocycles. The molecular weight excluding hydrogens is 522 g/mol. The van der Waals surface area contributed by atoms with Crippen LogP contribution in [0.2, 0.25) is 0 Å². The van der Waals surface area contributed by atoms with Crippen LogP contribution in [0.4, 0.5) is 0 Å². The topological polar surface area (TPSA) is 115 Å². The van der Waals surface area contributed by atoms with Gasteiger partial charge in [0.05, 0.1) is 25.2 Å². The average molecular weight is 556 g/mol. The van der Waals surface area contributed by atoms with E-state index in [4.69, 9.17) is 9.47 Å². The number of ketones is 1. The molecule has 2 N–H and O–H groups in total. The number of carboxylic acid groups (broad SMARTS) is 2. The van der Waals surface area contributed by atoms with Crippen LogP contribution in [0.3, 0.4) is 0 Å². The van der Waals surface area contributed by atoms with Crippen LogP contribution < -0.4 is 9.47 Å². The number of unbranched alkanes of at least 4 members (excludes halogenated alkanes) is 1. The first kappa shape index (κ1) is 29.1. The van der Waals surface area contributed by atoms with E-state index in [1.54, 1.807) is 22.9 Å². The lowest BCUT2D eigenvalue weighted by Gasteiger charge is -2.10. The fourth-order valence-electron chi connectivity index (χ4n) is 4.63. The summed E-state index contributed by atoms with van der Waals surface area (Å²) in [7, 11) is 0. The molecule has 0 radical (unpaired) electrons. The maximum Gasteiger partial charge on any atom is 0.323 e. The van der Waals surface area contributed by atoms with Crippen molar-refractivity contribution < 1.29 is 34.1 Å². The second kappa shape index (κ2) is 14.0. The van der Waals surface area contributed by atoms with E-state index in [1.807, 2.05) is 73.7 Å². The number of fused-ring (bicyclic) bond motifs is 1. The number of carbonyl (C=O) groups excluding carboxylic acids is 1. The van der Waals surface area contributed by atoms with E-state index in [-0.39, 0.29) is 18.7 Å². The van der Waals surface area contributed by atoms with E-state index in [0.717, 1.165) is 35.1 Å². The molecule has 0 spiro atoms. The monoisotopic (exact) mass is 555 g/mol. The molecule has 212 valence electrons. The first-order chi connectivity index (χ1) is 19.9. The summed E-state index contributed by atoms with van der Waals surface area (Å²) in [4.78, 5) is 34.8. The van der Waals surface area contributed by atoms with E-state index in [2.05, 4.69) is 0 Å². The Morgan fingerprint density at radius 2 is 1.56 bits per heavy atom. The van der Waals surface area contributed by atoms with E-state index in [1.165, 1.54) is 0 Å². The number of rotatable bonds is 15. The predicted molar refractivity (Wildman–Crippen MR) is 158 cm³/mol. The number of para-hydroxylation sites is 1. The van der Waals surface area contributed by atoms with Gasteiger partial charge in [0, 0.05) is 23.5 Å². The molecule has 1 heterocycles. The molecule has 0 saturated carbocycles. The van der Waals surface area contributed by atoms with Gasteiger partial charge < -0.3 is 24.3 Å². The molecule has 0 aliphatic rings. The summed E-state index contributed by atoms with van der Waals surface area (Å²) in [5.74, 6) is -0.534. The number of hydrogen-bond acceptors (Lipinski definition) is 5. The van der Waals surface area contributed by atoms with Gasteiger partial charge in [-0.05, 0) is 59.9 Å². The Bertz CT molecular complexity index is 1550. The molecule has 0 atom stereocenters. The summed E-state index contributed by atoms with van der Waals surface area (Å²) in [6.45, 7) is 2.63. The molecule has 8 heteroatoms. The summed E-state index contributed by atoms with van der Waals surface area (Å²) in [5, 5.41) is 19.3. The maximum absolute atomic E-state index is 12.1. The SMILES string of the molecule is CCC(=O)c1ccccc1OCCCCOc1ccc(C=Cc2cccc3c2c(CC(=O)O)cn3CC(=O)O)cc1. The third-order valence-electron chi connectivity index (χ3n) is 6.57. The molecule has 4 aromatic rings. The molecule has 3 aromatic carbocycles. The smallest absolute Gasteiger partial charge is 0.323 e. The first-order valence-corrected chi connectivity index (χ1v) is 13.6. The van der Waals surface area contributed by atoms with Gasteiger partial charge >= 0.3 is 11.9 Å². The van der Waals surface area contributed by atoms with Crippen molar-refractivity contribution in [1.29, 1.82) is 0 Å². The molecular formula is C33H33NO7. The van der Waals surface area contributed by atoms with Gasteiger partial charge in [0.2, 0.25) is 0 Å². The van der Waals surface area contributed by atoms with Crippen LogP contribution in [0.15, 0.2) is 72.9 Å². The number of aliphatic carboxylic acids is 2. The van der Waals surface area contributed by atoms with Crippen LogP contribution in [0, 0.1) is 0 Å². The van der Waals surface area contributed by atoms with Crippen LogP contribution in [0.5, 0.6) is 11.5 Å². The lowest BCUT2D eigenvalue weighted by Crippen LogP contribution is -2.07. The largest absolute Gasteiger partial charge is 0.494 e. The van der Waals surface area contributed by atoms with Crippen LogP contribution in [0.1, 0.15) is 53.2 Å². The third kappa shape index (κ3) is 7.85. The van der Waals surface area contributed by atoms with Crippen molar-refractivity contribution in [3.05, 3.63) is 95.2 Å². The van der Waals surface area contributed by atoms with Crippen molar-refractivity contribution in [2.75, 3.05) is 13.2 Å². The van der Waals surface area contributed by atoms with Gasteiger partial charge in [-0.25, -0.2) is 0 Å². The zero-order valence-electron chi connectivity index (χ0n) is 22.9. The Balaban J connectivity index is 1.32. The predicted octanol–water partition coefficient (Wildman–Crippen LogP) is 6.35. The summed E-state index contributed by atoms with van der Waals surface area (Å²) in [6.07, 6.45) is 7.27. The van der Waals surface area contributed by atoms with Gasteiger partial charge in [-0.15, -0.1) is 0 Å². The van der Waals surface area contributed by atoms with E-state index in [9.17, 15) is 24.6 Å². The number of benzene rings is 3. The third-order valence-corrected chi connectivity index (χ3v) is 6.57. The van der Waals surface area contributed by atoms with Crippen molar-refractivity contribution >= 4 is 40.8 Å². The number of ether oxygens (including phenoxy) is 2. The highest BCUT2D eigenvalue weighted by Gasteiger charge is 2.15. The van der Waals surface area contributed by atoms with E-state index in [0.29, 0.717) is 42.0 Å². The van der Waals surface area contributed by atoms with Gasteiger partial charge in [0.15, 0.2) is 5.78 Å². The average Bonchev–Trinajstić information content (AvgIpc) is 3.30. The summed E-state index contributed by atoms with van der Waals surface area (Å²) >= 11 is 0. The Kier molecular flexibility index (Phi) is 9.94. The summed E-state index contributed by atoms with van der Waals surface area (Å²) < 4.78 is 13.2. The Morgan fingerprint density at radius 1 is 0.829 bits per heavy atom. The maximum atomic E-state index is 12.1. The molecule has 0 aliphatic carbocycles. The molecule has 0 fully saturated rings. The van der Waals surface area contributed by atoms with Crippen LogP contribution in [-0.2, 0) is 22.6 Å². The van der Waals surface area contributed by atoms with Gasteiger partial charge in [0.1, 0.15) is 18.0 Å². The first-order valence-electron chi connectivity index (χ1n) is 13.6. The normalized spacial score (nSPS) is 11.1. The fourth-order valence-corrected chi connectivity index (χ4v) is 4.63. The van der Waals surface area contributed by atoms with Crippen LogP contribution >= 0.6 is 0 Å². The lowest BCUT2D eigenvalue weighted by molar-refractivity contribution is -0.138. The second-order valence-electron chi connectivity index (χ2n) is 9.57. The van der Waals surface area contributed by atoms with Crippen LogP contribution in [-0.4, -0.2) is 45.7 Å². The molecule has 4 rings (SSSR count). The van der Waals surface area contributed by atoms with Gasteiger partial charge in [-0.1, -0.05) is 55.5 Å². The Hall–Kier alpha value is -4.85. The number of carbonyl (C=O) groups is 3. The van der Waals surface area contributed by atoms with Crippen molar-refractivity contribution in [2.45, 2.75) is 39.2 Å². The molecule has 0 saturated heterocycles. The van der Waals surface area contributed by atoms with Gasteiger partial charge in [0.25, 0.3) is 0 Å². The zero-order valence-corrected chi connectivity index (χ0v) is 22.9. The number of hydrogen-bond donors (Lipinski definition) is 2. The highest BCUT2D eigenvalue weighted by molar-refractivity contribution is 5.98. The number of nitrogens with zero attached hydrogens (tertiary/aromatic N) is 1. The summed E-state index contributed by atoms with van der Waals surface area (Å²) in [5.41, 5.74) is 3.62. The van der Waals surface area contributed by atoms with Crippen molar-refractivity contribution in [1.82, 2.24) is 4.57 Å². The quantitative estimate of drug-likeness (QED) is 0.0997. The standard InChI is InChI=1S/C33H33NO7/c1-2-29(35)27-9-3-4-11-30(27)41-19-6-5-18-40-26-16-13-23(14-17-26)12-15-24-8-7-10-28-33(24)25(20-31(36)37)21-34(28)22-32(38)39/h3-4,7-17,21H,2,5-6,18-20,22H2,1H3,(H,36,37)(H,38,39). The lowest BCUT2D eigenvalue weighted by atomic mass is 10.0. The highest BCUT2D eigenvalue weighted by Crippen LogP contribution is 2.28. The number of Topliss-reactive ketones (excluding diaryl/α,β-unsaturated/α-hetero) is 1. The minimum atomic E-state index is -0.994. The minimum absolute atomic E-state index is 0.0667. The minimum Gasteiger partial charge on any atom is -0.494 e. The Morgan fingerprint density at radius 3 is 2.27 bits per heavy atom.